The van der Waals surface area contributed by atoms with Crippen LogP contribution in [0, 0.1) is 0 Å². The molecule has 0 aliphatic carbocycles. The molecule has 2 N–H and O–H groups in total. The van der Waals surface area contributed by atoms with Crippen molar-refractivity contribution in [3.8, 4) is 5.75 Å². The highest BCUT2D eigenvalue weighted by atomic mass is 16.5. The van der Waals surface area contributed by atoms with Gasteiger partial charge >= 0.3 is 0 Å². The van der Waals surface area contributed by atoms with Gasteiger partial charge in [-0.25, -0.2) is 0 Å². The van der Waals surface area contributed by atoms with Crippen LogP contribution in [0.5, 0.6) is 5.75 Å². The molecule has 0 bridgehead atoms. The number of aromatic hydroxyl groups is 1. The Hall–Kier alpha value is -1.26. The molecule has 0 spiro atoms. The molecule has 0 aromatic heterocycles. The Morgan fingerprint density at radius 2 is 2.28 bits per heavy atom. The summed E-state index contributed by atoms with van der Waals surface area (Å²) in [4.78, 5) is 2.18. The summed E-state index contributed by atoms with van der Waals surface area (Å²) >= 11 is 0. The van der Waals surface area contributed by atoms with Gasteiger partial charge in [0, 0.05) is 37.0 Å². The van der Waals surface area contributed by atoms with Crippen LogP contribution in [0.3, 0.4) is 0 Å². The first-order valence-electron chi connectivity index (χ1n) is 6.44. The van der Waals surface area contributed by atoms with E-state index in [9.17, 15) is 5.11 Å². The van der Waals surface area contributed by atoms with E-state index in [2.05, 4.69) is 23.3 Å². The van der Waals surface area contributed by atoms with E-state index in [1.165, 1.54) is 0 Å². The zero-order valence-corrected chi connectivity index (χ0v) is 11.3. The molecule has 1 aliphatic rings. The molecule has 1 saturated heterocycles. The number of rotatable bonds is 4. The van der Waals surface area contributed by atoms with Crippen molar-refractivity contribution < 1.29 is 9.84 Å². The molecule has 0 radical (unpaired) electrons. The van der Waals surface area contributed by atoms with E-state index in [4.69, 9.17) is 4.74 Å². The predicted octanol–water partition coefficient (Wildman–Crippen LogP) is 1.90. The Balaban J connectivity index is 2.17. The molecule has 1 fully saturated rings. The van der Waals surface area contributed by atoms with Crippen molar-refractivity contribution >= 4 is 5.69 Å². The highest BCUT2D eigenvalue weighted by Gasteiger charge is 2.21. The van der Waals surface area contributed by atoms with Crippen LogP contribution in [-0.2, 0) is 4.74 Å². The molecule has 0 saturated carbocycles. The summed E-state index contributed by atoms with van der Waals surface area (Å²) in [5.41, 5.74) is 1.97. The second-order valence-electron chi connectivity index (χ2n) is 4.88. The number of nitrogens with one attached hydrogen (secondary N) is 1. The molecule has 1 heterocycles. The van der Waals surface area contributed by atoms with Crippen molar-refractivity contribution in [2.24, 2.45) is 0 Å². The van der Waals surface area contributed by atoms with Crippen molar-refractivity contribution in [2.45, 2.75) is 25.4 Å². The van der Waals surface area contributed by atoms with Crippen molar-refractivity contribution in [2.75, 3.05) is 32.2 Å². The number of nitrogens with zero attached hydrogens (tertiary/aromatic N) is 1. The summed E-state index contributed by atoms with van der Waals surface area (Å²) in [6.45, 7) is 3.63. The zero-order valence-electron chi connectivity index (χ0n) is 11.3. The molecule has 2 atom stereocenters. The quantitative estimate of drug-likeness (QED) is 0.856. The fourth-order valence-corrected chi connectivity index (χ4v) is 2.31. The van der Waals surface area contributed by atoms with Crippen molar-refractivity contribution in [1.82, 2.24) is 5.32 Å². The third-order valence-electron chi connectivity index (χ3n) is 3.77. The molecule has 18 heavy (non-hydrogen) atoms. The third-order valence-corrected chi connectivity index (χ3v) is 3.77. The summed E-state index contributed by atoms with van der Waals surface area (Å²) in [6.07, 6.45) is 1.05. The average molecular weight is 250 g/mol. The van der Waals surface area contributed by atoms with Gasteiger partial charge < -0.3 is 20.1 Å². The molecular weight excluding hydrogens is 228 g/mol. The lowest BCUT2D eigenvalue weighted by atomic mass is 10.1. The topological polar surface area (TPSA) is 44.7 Å². The van der Waals surface area contributed by atoms with Gasteiger partial charge in [-0.3, -0.25) is 0 Å². The minimum absolute atomic E-state index is 0.152. The molecule has 1 aromatic carbocycles. The fourth-order valence-electron chi connectivity index (χ4n) is 2.31. The van der Waals surface area contributed by atoms with E-state index >= 15 is 0 Å². The summed E-state index contributed by atoms with van der Waals surface area (Å²) in [5.74, 6) is 0.347. The van der Waals surface area contributed by atoms with Gasteiger partial charge in [-0.05, 0) is 26.5 Å². The lowest BCUT2D eigenvalue weighted by Crippen LogP contribution is -2.31. The maximum atomic E-state index is 10.1. The van der Waals surface area contributed by atoms with E-state index in [0.717, 1.165) is 30.9 Å². The number of ether oxygens (including phenoxy) is 1. The molecule has 2 rings (SSSR count). The summed E-state index contributed by atoms with van der Waals surface area (Å²) in [6, 6.07) is 6.44. The van der Waals surface area contributed by atoms with E-state index in [0.29, 0.717) is 11.8 Å². The average Bonchev–Trinajstić information content (AvgIpc) is 2.90. The molecule has 100 valence electrons. The number of hydrogen-bond acceptors (Lipinski definition) is 4. The van der Waals surface area contributed by atoms with E-state index < -0.39 is 0 Å². The van der Waals surface area contributed by atoms with Crippen LogP contribution in [0.1, 0.15) is 24.9 Å². The van der Waals surface area contributed by atoms with Crippen LogP contribution in [0.15, 0.2) is 18.2 Å². The van der Waals surface area contributed by atoms with Gasteiger partial charge in [-0.15, -0.1) is 0 Å². The summed E-state index contributed by atoms with van der Waals surface area (Å²) < 4.78 is 5.40. The monoisotopic (exact) mass is 250 g/mol. The second kappa shape index (κ2) is 5.59. The van der Waals surface area contributed by atoms with Gasteiger partial charge in [0.15, 0.2) is 0 Å². The highest BCUT2D eigenvalue weighted by molar-refractivity contribution is 5.54. The lowest BCUT2D eigenvalue weighted by Gasteiger charge is -2.26. The Bertz CT molecular complexity index is 403. The molecule has 4 heteroatoms. The first kappa shape index (κ1) is 13.2. The number of phenolic OH excluding ortho intramolecular Hbond substituents is 1. The van der Waals surface area contributed by atoms with Gasteiger partial charge in [0.05, 0.1) is 12.6 Å². The Kier molecular flexibility index (Phi) is 4.09. The number of likely N-dealkylation sites (N-methyl/N-ethyl adjacent to an activating group) is 1. The molecule has 0 amide bonds. The van der Waals surface area contributed by atoms with Crippen LogP contribution < -0.4 is 10.2 Å². The van der Waals surface area contributed by atoms with Crippen molar-refractivity contribution in [1.29, 1.82) is 0 Å². The first-order chi connectivity index (χ1) is 8.63. The second-order valence-corrected chi connectivity index (χ2v) is 4.88. The SMILES string of the molecule is CNC(C)c1ccc(N(C)C2CCOC2)cc1O. The molecule has 1 aromatic rings. The molecule has 2 unspecified atom stereocenters. The maximum absolute atomic E-state index is 10.1. The first-order valence-corrected chi connectivity index (χ1v) is 6.44. The third kappa shape index (κ3) is 2.60. The molecular formula is C14H22N2O2. The largest absolute Gasteiger partial charge is 0.508 e. The summed E-state index contributed by atoms with van der Waals surface area (Å²) in [7, 11) is 3.94. The fraction of sp³-hybridized carbons (Fsp3) is 0.571. The van der Waals surface area contributed by atoms with E-state index in [1.54, 1.807) is 0 Å². The van der Waals surface area contributed by atoms with Gasteiger partial charge in [-0.1, -0.05) is 6.07 Å². The van der Waals surface area contributed by atoms with E-state index in [-0.39, 0.29) is 6.04 Å². The van der Waals surface area contributed by atoms with Gasteiger partial charge in [-0.2, -0.15) is 0 Å². The minimum atomic E-state index is 0.152. The molecule has 4 nitrogen and oxygen atoms in total. The minimum Gasteiger partial charge on any atom is -0.508 e. The Labute approximate surface area is 109 Å². The Morgan fingerprint density at radius 3 is 2.83 bits per heavy atom. The highest BCUT2D eigenvalue weighted by Crippen LogP contribution is 2.30. The van der Waals surface area contributed by atoms with E-state index in [1.807, 2.05) is 26.1 Å². The van der Waals surface area contributed by atoms with Crippen LogP contribution >= 0.6 is 0 Å². The summed E-state index contributed by atoms with van der Waals surface area (Å²) in [5, 5.41) is 13.2. The smallest absolute Gasteiger partial charge is 0.122 e. The van der Waals surface area contributed by atoms with Crippen LogP contribution in [-0.4, -0.2) is 38.5 Å². The number of hydrogen-bond donors (Lipinski definition) is 2. The van der Waals surface area contributed by atoms with Crippen molar-refractivity contribution in [3.63, 3.8) is 0 Å². The standard InChI is InChI=1S/C14H22N2O2/c1-10(15-2)13-5-4-11(8-14(13)17)16(3)12-6-7-18-9-12/h4-5,8,10,12,15,17H,6-7,9H2,1-3H3. The molecule has 1 aliphatic heterocycles. The number of anilines is 1. The predicted molar refractivity (Wildman–Crippen MR) is 73.2 cm³/mol. The van der Waals surface area contributed by atoms with Gasteiger partial charge in [0.2, 0.25) is 0 Å². The maximum Gasteiger partial charge on any atom is 0.122 e. The van der Waals surface area contributed by atoms with Crippen LogP contribution in [0.2, 0.25) is 0 Å². The van der Waals surface area contributed by atoms with Gasteiger partial charge in [0.25, 0.3) is 0 Å². The van der Waals surface area contributed by atoms with Crippen LogP contribution in [0.4, 0.5) is 5.69 Å². The van der Waals surface area contributed by atoms with Crippen molar-refractivity contribution in [3.05, 3.63) is 23.8 Å². The van der Waals surface area contributed by atoms with Crippen LogP contribution in [0.25, 0.3) is 0 Å². The zero-order chi connectivity index (χ0) is 13.1. The van der Waals surface area contributed by atoms with Gasteiger partial charge in [0.1, 0.15) is 5.75 Å². The lowest BCUT2D eigenvalue weighted by molar-refractivity contribution is 0.193. The number of benzene rings is 1. The number of phenols is 1. The Morgan fingerprint density at radius 1 is 1.50 bits per heavy atom. The normalized spacial score (nSPS) is 20.9.